The summed E-state index contributed by atoms with van der Waals surface area (Å²) in [5.74, 6) is 1.07. The molecule has 18 heavy (non-hydrogen) atoms. The van der Waals surface area contributed by atoms with Crippen molar-refractivity contribution in [2.45, 2.75) is 19.4 Å². The van der Waals surface area contributed by atoms with Gasteiger partial charge in [-0.3, -0.25) is 4.79 Å². The van der Waals surface area contributed by atoms with Gasteiger partial charge in [0, 0.05) is 28.7 Å². The van der Waals surface area contributed by atoms with Gasteiger partial charge in [-0.25, -0.2) is 0 Å². The highest BCUT2D eigenvalue weighted by atomic mass is 32.2. The Morgan fingerprint density at radius 3 is 3.06 bits per heavy atom. The molecule has 0 saturated carbocycles. The first kappa shape index (κ1) is 13.0. The number of carbonyl (C=O) groups excluding carboxylic acids is 1. The van der Waals surface area contributed by atoms with E-state index >= 15 is 0 Å². The third-order valence-corrected chi connectivity index (χ3v) is 3.59. The largest absolute Gasteiger partial charge is 0.361 e. The molecule has 1 aromatic carbocycles. The molecule has 0 bridgehead atoms. The van der Waals surface area contributed by atoms with Crippen LogP contribution in [0.4, 0.5) is 0 Å². The fraction of sp³-hybridized carbons (Fsp3) is 0.357. The molecule has 0 radical (unpaired) electrons. The molecule has 0 fully saturated rings. The number of aromatic amines is 1. The van der Waals surface area contributed by atoms with Gasteiger partial charge in [-0.15, -0.1) is 0 Å². The van der Waals surface area contributed by atoms with Gasteiger partial charge in [-0.05, 0) is 49.6 Å². The quantitative estimate of drug-likeness (QED) is 0.870. The standard InChI is InChI=1S/C14H18N2OS/c1-10(6-8-18-2)16-14(17)12-3-4-13-11(9-12)5-7-15-13/h3-5,7,9-10,15H,6,8H2,1-2H3,(H,16,17). The van der Waals surface area contributed by atoms with Crippen LogP contribution >= 0.6 is 11.8 Å². The number of hydrogen-bond donors (Lipinski definition) is 2. The number of amides is 1. The van der Waals surface area contributed by atoms with Crippen LogP contribution in [0.3, 0.4) is 0 Å². The van der Waals surface area contributed by atoms with Crippen molar-refractivity contribution in [2.24, 2.45) is 0 Å². The second-order valence-electron chi connectivity index (χ2n) is 4.44. The van der Waals surface area contributed by atoms with Crippen LogP contribution in [0.1, 0.15) is 23.7 Å². The highest BCUT2D eigenvalue weighted by molar-refractivity contribution is 7.98. The lowest BCUT2D eigenvalue weighted by atomic mass is 10.1. The van der Waals surface area contributed by atoms with Crippen LogP contribution in [-0.4, -0.2) is 28.9 Å². The Kier molecular flexibility index (Phi) is 4.31. The Morgan fingerprint density at radius 1 is 1.44 bits per heavy atom. The smallest absolute Gasteiger partial charge is 0.251 e. The monoisotopic (exact) mass is 262 g/mol. The predicted octanol–water partition coefficient (Wildman–Crippen LogP) is 3.04. The van der Waals surface area contributed by atoms with Crippen LogP contribution in [0.2, 0.25) is 0 Å². The first-order chi connectivity index (χ1) is 8.70. The lowest BCUT2D eigenvalue weighted by molar-refractivity contribution is 0.0939. The predicted molar refractivity (Wildman–Crippen MR) is 78.2 cm³/mol. The van der Waals surface area contributed by atoms with Crippen molar-refractivity contribution in [3.63, 3.8) is 0 Å². The average Bonchev–Trinajstić information content (AvgIpc) is 2.83. The molecule has 1 aromatic heterocycles. The minimum absolute atomic E-state index is 0.00621. The number of carbonyl (C=O) groups is 1. The molecule has 0 spiro atoms. The van der Waals surface area contributed by atoms with Crippen molar-refractivity contribution < 1.29 is 4.79 Å². The van der Waals surface area contributed by atoms with Crippen LogP contribution < -0.4 is 5.32 Å². The maximum atomic E-state index is 12.1. The minimum atomic E-state index is 0.00621. The van der Waals surface area contributed by atoms with Crippen molar-refractivity contribution in [3.05, 3.63) is 36.0 Å². The molecule has 2 rings (SSSR count). The van der Waals surface area contributed by atoms with Gasteiger partial charge in [0.2, 0.25) is 0 Å². The fourth-order valence-corrected chi connectivity index (χ4v) is 2.46. The van der Waals surface area contributed by atoms with Crippen molar-refractivity contribution in [3.8, 4) is 0 Å². The number of benzene rings is 1. The summed E-state index contributed by atoms with van der Waals surface area (Å²) in [6.07, 6.45) is 4.96. The van der Waals surface area contributed by atoms with E-state index in [2.05, 4.69) is 16.6 Å². The molecule has 1 atom stereocenters. The number of H-pyrrole nitrogens is 1. The van der Waals surface area contributed by atoms with E-state index in [4.69, 9.17) is 0 Å². The first-order valence-corrected chi connectivity index (χ1v) is 7.47. The van der Waals surface area contributed by atoms with Crippen molar-refractivity contribution in [1.82, 2.24) is 10.3 Å². The summed E-state index contributed by atoms with van der Waals surface area (Å²) in [5.41, 5.74) is 1.78. The average molecular weight is 262 g/mol. The third-order valence-electron chi connectivity index (χ3n) is 2.95. The van der Waals surface area contributed by atoms with E-state index in [1.54, 1.807) is 11.8 Å². The Labute approximate surface area is 111 Å². The van der Waals surface area contributed by atoms with Crippen molar-refractivity contribution >= 4 is 28.6 Å². The maximum Gasteiger partial charge on any atom is 0.251 e. The molecule has 0 aliphatic carbocycles. The molecule has 1 amide bonds. The number of thioether (sulfide) groups is 1. The van der Waals surface area contributed by atoms with E-state index in [-0.39, 0.29) is 11.9 Å². The summed E-state index contributed by atoms with van der Waals surface area (Å²) in [4.78, 5) is 15.2. The second-order valence-corrected chi connectivity index (χ2v) is 5.42. The van der Waals surface area contributed by atoms with Crippen LogP contribution in [0.5, 0.6) is 0 Å². The molecule has 0 aliphatic heterocycles. The summed E-state index contributed by atoms with van der Waals surface area (Å²) in [6, 6.07) is 7.91. The number of rotatable bonds is 5. The minimum Gasteiger partial charge on any atom is -0.361 e. The summed E-state index contributed by atoms with van der Waals surface area (Å²) in [6.45, 7) is 2.04. The zero-order chi connectivity index (χ0) is 13.0. The highest BCUT2D eigenvalue weighted by Crippen LogP contribution is 2.14. The van der Waals surface area contributed by atoms with Crippen LogP contribution in [0, 0.1) is 0 Å². The van der Waals surface area contributed by atoms with E-state index < -0.39 is 0 Å². The molecular weight excluding hydrogens is 244 g/mol. The molecule has 2 aromatic rings. The molecule has 1 unspecified atom stereocenters. The van der Waals surface area contributed by atoms with Gasteiger partial charge in [0.25, 0.3) is 5.91 Å². The molecule has 2 N–H and O–H groups in total. The van der Waals surface area contributed by atoms with E-state index in [0.717, 1.165) is 28.6 Å². The number of nitrogens with one attached hydrogen (secondary N) is 2. The van der Waals surface area contributed by atoms with Gasteiger partial charge in [0.15, 0.2) is 0 Å². The third kappa shape index (κ3) is 3.07. The van der Waals surface area contributed by atoms with Gasteiger partial charge in [0.1, 0.15) is 0 Å². The van der Waals surface area contributed by atoms with Gasteiger partial charge in [0.05, 0.1) is 0 Å². The Hall–Kier alpha value is -1.42. The molecule has 1 heterocycles. The van der Waals surface area contributed by atoms with Crippen molar-refractivity contribution in [2.75, 3.05) is 12.0 Å². The Bertz CT molecular complexity index is 535. The second kappa shape index (κ2) is 5.96. The molecular formula is C14H18N2OS. The van der Waals surface area contributed by atoms with Gasteiger partial charge >= 0.3 is 0 Å². The molecule has 3 nitrogen and oxygen atoms in total. The number of hydrogen-bond acceptors (Lipinski definition) is 2. The van der Waals surface area contributed by atoms with Gasteiger partial charge in [-0.1, -0.05) is 0 Å². The van der Waals surface area contributed by atoms with E-state index in [1.165, 1.54) is 0 Å². The Balaban J connectivity index is 2.03. The maximum absolute atomic E-state index is 12.1. The SMILES string of the molecule is CSCCC(C)NC(=O)c1ccc2[nH]ccc2c1. The zero-order valence-corrected chi connectivity index (χ0v) is 11.5. The zero-order valence-electron chi connectivity index (χ0n) is 10.7. The van der Waals surface area contributed by atoms with E-state index in [0.29, 0.717) is 0 Å². The molecule has 96 valence electrons. The first-order valence-electron chi connectivity index (χ1n) is 6.07. The van der Waals surface area contributed by atoms with Gasteiger partial charge < -0.3 is 10.3 Å². The lowest BCUT2D eigenvalue weighted by Gasteiger charge is -2.13. The summed E-state index contributed by atoms with van der Waals surface area (Å²) >= 11 is 1.80. The summed E-state index contributed by atoms with van der Waals surface area (Å²) in [5, 5.41) is 4.09. The van der Waals surface area contributed by atoms with Gasteiger partial charge in [-0.2, -0.15) is 11.8 Å². The highest BCUT2D eigenvalue weighted by Gasteiger charge is 2.10. The number of aromatic nitrogens is 1. The summed E-state index contributed by atoms with van der Waals surface area (Å²) < 4.78 is 0. The van der Waals surface area contributed by atoms with E-state index in [9.17, 15) is 4.79 Å². The normalized spacial score (nSPS) is 12.6. The van der Waals surface area contributed by atoms with Crippen LogP contribution in [-0.2, 0) is 0 Å². The lowest BCUT2D eigenvalue weighted by Crippen LogP contribution is -2.32. The molecule has 0 aliphatic rings. The van der Waals surface area contributed by atoms with Crippen molar-refractivity contribution in [1.29, 1.82) is 0 Å². The molecule has 4 heteroatoms. The topological polar surface area (TPSA) is 44.9 Å². The summed E-state index contributed by atoms with van der Waals surface area (Å²) in [7, 11) is 0. The van der Waals surface area contributed by atoms with E-state index in [1.807, 2.05) is 37.4 Å². The number of fused-ring (bicyclic) bond motifs is 1. The molecule has 0 saturated heterocycles. The van der Waals surface area contributed by atoms with Crippen LogP contribution in [0.15, 0.2) is 30.5 Å². The van der Waals surface area contributed by atoms with Crippen LogP contribution in [0.25, 0.3) is 10.9 Å². The fourth-order valence-electron chi connectivity index (χ4n) is 1.87. The Morgan fingerprint density at radius 2 is 2.28 bits per heavy atom.